The second-order valence-corrected chi connectivity index (χ2v) is 23.1. The Kier molecular flexibility index (Phi) is 10.9. The monoisotopic (exact) mass is 826 g/mol. The molecular weight excluding hydrogens is 751 g/mol. The summed E-state index contributed by atoms with van der Waals surface area (Å²) in [6, 6.07) is 8.04. The van der Waals surface area contributed by atoms with E-state index in [0.29, 0.717) is 41.4 Å². The molecule has 330 valence electrons. The number of ether oxygens (including phenoxy) is 2. The Morgan fingerprint density at radius 3 is 2.30 bits per heavy atom. The third-order valence-corrected chi connectivity index (χ3v) is 19.1. The maximum atomic E-state index is 15.6. The Morgan fingerprint density at radius 2 is 1.62 bits per heavy atom. The van der Waals surface area contributed by atoms with E-state index in [0.717, 1.165) is 87.2 Å². The molecular formula is C51H75N3O6. The molecule has 6 fully saturated rings. The fourth-order valence-electron chi connectivity index (χ4n) is 16.0. The summed E-state index contributed by atoms with van der Waals surface area (Å²) < 4.78 is 11.7. The lowest BCUT2D eigenvalue weighted by molar-refractivity contribution is -0.251. The van der Waals surface area contributed by atoms with E-state index in [4.69, 9.17) is 14.5 Å². The maximum Gasteiger partial charge on any atom is 0.306 e. The van der Waals surface area contributed by atoms with Crippen LogP contribution in [0.2, 0.25) is 0 Å². The summed E-state index contributed by atoms with van der Waals surface area (Å²) in [6.07, 6.45) is 14.6. The first kappa shape index (κ1) is 43.3. The van der Waals surface area contributed by atoms with Crippen molar-refractivity contribution in [2.75, 3.05) is 13.7 Å². The molecule has 1 saturated heterocycles. The van der Waals surface area contributed by atoms with Crippen molar-refractivity contribution < 1.29 is 29.0 Å². The molecule has 11 atom stereocenters. The number of H-pyrrole nitrogens is 1. The Labute approximate surface area is 359 Å². The molecule has 9 heteroatoms. The molecule has 0 radical (unpaired) electrons. The van der Waals surface area contributed by atoms with Gasteiger partial charge in [0.15, 0.2) is 0 Å². The molecule has 1 aliphatic heterocycles. The van der Waals surface area contributed by atoms with Crippen molar-refractivity contribution in [1.29, 1.82) is 0 Å². The number of methoxy groups -OCH3 is 1. The van der Waals surface area contributed by atoms with Gasteiger partial charge in [-0.25, -0.2) is 4.98 Å². The second-order valence-electron chi connectivity index (χ2n) is 23.1. The number of nitrogens with one attached hydrogen (secondary N) is 1. The maximum absolute atomic E-state index is 15.6. The van der Waals surface area contributed by atoms with Crippen LogP contribution in [0.5, 0.6) is 5.75 Å². The number of carboxylic acid groups (broad SMARTS) is 1. The molecule has 8 rings (SSSR count). The fraction of sp³-hybridized carbons (Fsp3) is 0.765. The summed E-state index contributed by atoms with van der Waals surface area (Å²) in [4.78, 5) is 51.2. The van der Waals surface area contributed by atoms with Crippen LogP contribution < -0.4 is 4.74 Å². The van der Waals surface area contributed by atoms with Gasteiger partial charge in [0.2, 0.25) is 5.91 Å². The first-order valence-electron chi connectivity index (χ1n) is 23.6. The fourth-order valence-corrected chi connectivity index (χ4v) is 16.0. The van der Waals surface area contributed by atoms with E-state index in [1.807, 2.05) is 32.2 Å². The molecule has 11 unspecified atom stereocenters. The highest BCUT2D eigenvalue weighted by molar-refractivity contribution is 5.84. The van der Waals surface area contributed by atoms with E-state index in [2.05, 4.69) is 70.5 Å². The number of hydrogen-bond acceptors (Lipinski definition) is 6. The Bertz CT molecular complexity index is 1950. The minimum absolute atomic E-state index is 0.0246. The molecule has 6 aliphatic rings. The predicted octanol–water partition coefficient (Wildman–Crippen LogP) is 11.3. The van der Waals surface area contributed by atoms with Crippen LogP contribution in [-0.2, 0) is 19.1 Å². The average molecular weight is 826 g/mol. The van der Waals surface area contributed by atoms with Crippen LogP contribution in [0.25, 0.3) is 11.3 Å². The summed E-state index contributed by atoms with van der Waals surface area (Å²) >= 11 is 0. The minimum atomic E-state index is -0.886. The lowest BCUT2D eigenvalue weighted by atomic mass is 9.32. The SMILES string of the molecule is COc1ccc(-c2cnc(C3CCCN3C(=O)C34CCC(C(C)C)C3C3CCC5C6(C)CCC(OC(=O)CC(C)(C)CC(=O)O)C(C)(C)C6CCC5(C)C3(C)CC4)[nH]2)cc1. The highest BCUT2D eigenvalue weighted by Crippen LogP contribution is 2.78. The summed E-state index contributed by atoms with van der Waals surface area (Å²) in [5.41, 5.74) is 1.31. The number of carbonyl (C=O) groups excluding carboxylic acids is 2. The number of hydrogen-bond donors (Lipinski definition) is 2. The van der Waals surface area contributed by atoms with Gasteiger partial charge in [0.25, 0.3) is 0 Å². The highest BCUT2D eigenvalue weighted by Gasteiger charge is 2.72. The molecule has 2 heterocycles. The number of aliphatic carboxylic acids is 1. The molecule has 9 nitrogen and oxygen atoms in total. The van der Waals surface area contributed by atoms with Crippen LogP contribution in [0.15, 0.2) is 30.5 Å². The molecule has 5 aliphatic carbocycles. The first-order valence-corrected chi connectivity index (χ1v) is 23.6. The van der Waals surface area contributed by atoms with Crippen molar-refractivity contribution in [3.8, 4) is 17.0 Å². The number of likely N-dealkylation sites (tertiary alicyclic amines) is 1. The minimum Gasteiger partial charge on any atom is -0.497 e. The normalized spacial score (nSPS) is 38.4. The third-order valence-electron chi connectivity index (χ3n) is 19.1. The van der Waals surface area contributed by atoms with E-state index in [9.17, 15) is 14.7 Å². The Hall–Kier alpha value is -3.36. The van der Waals surface area contributed by atoms with Gasteiger partial charge in [-0.3, -0.25) is 14.4 Å². The number of imidazole rings is 1. The number of aromatic amines is 1. The van der Waals surface area contributed by atoms with Gasteiger partial charge in [0.1, 0.15) is 17.7 Å². The lowest BCUT2D eigenvalue weighted by Crippen LogP contribution is -2.67. The van der Waals surface area contributed by atoms with Gasteiger partial charge in [-0.05, 0) is 164 Å². The third kappa shape index (κ3) is 6.75. The van der Waals surface area contributed by atoms with Crippen LogP contribution in [0, 0.1) is 68.0 Å². The van der Waals surface area contributed by atoms with Gasteiger partial charge in [-0.1, -0.05) is 62.3 Å². The van der Waals surface area contributed by atoms with Crippen LogP contribution >= 0.6 is 0 Å². The van der Waals surface area contributed by atoms with Gasteiger partial charge in [0.05, 0.1) is 43.3 Å². The molecule has 1 aromatic carbocycles. The predicted molar refractivity (Wildman–Crippen MR) is 234 cm³/mol. The molecule has 2 aromatic rings. The number of aromatic nitrogens is 2. The van der Waals surface area contributed by atoms with Crippen molar-refractivity contribution in [3.63, 3.8) is 0 Å². The molecule has 0 spiro atoms. The summed E-state index contributed by atoms with van der Waals surface area (Å²) in [7, 11) is 1.68. The number of carbonyl (C=O) groups is 3. The second kappa shape index (κ2) is 15.2. The van der Waals surface area contributed by atoms with Crippen molar-refractivity contribution in [3.05, 3.63) is 36.3 Å². The van der Waals surface area contributed by atoms with Crippen molar-refractivity contribution >= 4 is 17.8 Å². The number of fused-ring (bicyclic) bond motifs is 7. The van der Waals surface area contributed by atoms with Gasteiger partial charge in [-0.2, -0.15) is 0 Å². The largest absolute Gasteiger partial charge is 0.497 e. The molecule has 1 amide bonds. The van der Waals surface area contributed by atoms with E-state index in [1.54, 1.807) is 7.11 Å². The molecule has 5 saturated carbocycles. The summed E-state index contributed by atoms with van der Waals surface area (Å²) in [6.45, 7) is 21.9. The number of amides is 1. The quantitative estimate of drug-likeness (QED) is 0.229. The standard InChI is InChI=1S/C51H75N3O6/c1-31(2)34-19-24-51(45(58)54-27-11-12-37(54)44-52-30-36(53-44)32-13-15-33(59-10)16-14-32)26-25-49(8)35(43(34)51)17-18-39-48(7)22-21-40(47(5,6)38(48)20-23-50(39,49)9)60-42(57)29-46(3,4)28-41(55)56/h13-16,30-31,34-35,37-40,43H,11-12,17-29H2,1-10H3,(H,52,53)(H,55,56). The van der Waals surface area contributed by atoms with Crippen molar-refractivity contribution in [1.82, 2.24) is 14.9 Å². The van der Waals surface area contributed by atoms with Crippen LogP contribution in [0.3, 0.4) is 0 Å². The molecule has 60 heavy (non-hydrogen) atoms. The van der Waals surface area contributed by atoms with Crippen molar-refractivity contribution in [2.24, 2.45) is 68.0 Å². The molecule has 1 aromatic heterocycles. The first-order chi connectivity index (χ1) is 28.2. The van der Waals surface area contributed by atoms with Gasteiger partial charge in [-0.15, -0.1) is 0 Å². The Balaban J connectivity index is 1.04. The number of benzene rings is 1. The topological polar surface area (TPSA) is 122 Å². The summed E-state index contributed by atoms with van der Waals surface area (Å²) in [5.74, 6) is 3.96. The van der Waals surface area contributed by atoms with Crippen LogP contribution in [0.4, 0.5) is 0 Å². The van der Waals surface area contributed by atoms with E-state index >= 15 is 4.79 Å². The van der Waals surface area contributed by atoms with E-state index in [-0.39, 0.29) is 58.0 Å². The average Bonchev–Trinajstić information content (AvgIpc) is 3.95. The number of rotatable bonds is 10. The van der Waals surface area contributed by atoms with E-state index in [1.165, 1.54) is 19.3 Å². The molecule has 0 bridgehead atoms. The smallest absolute Gasteiger partial charge is 0.306 e. The number of carboxylic acids is 1. The zero-order chi connectivity index (χ0) is 43.2. The zero-order valence-corrected chi connectivity index (χ0v) is 38.5. The number of esters is 1. The van der Waals surface area contributed by atoms with Gasteiger partial charge >= 0.3 is 11.9 Å². The van der Waals surface area contributed by atoms with Gasteiger partial charge < -0.3 is 24.5 Å². The van der Waals surface area contributed by atoms with E-state index < -0.39 is 11.4 Å². The highest BCUT2D eigenvalue weighted by atomic mass is 16.5. The molecule has 2 N–H and O–H groups in total. The van der Waals surface area contributed by atoms with Crippen LogP contribution in [-0.4, -0.2) is 57.6 Å². The lowest BCUT2D eigenvalue weighted by Gasteiger charge is -2.73. The van der Waals surface area contributed by atoms with Gasteiger partial charge in [0, 0.05) is 12.0 Å². The Morgan fingerprint density at radius 1 is 0.883 bits per heavy atom. The van der Waals surface area contributed by atoms with Crippen molar-refractivity contribution in [2.45, 2.75) is 164 Å². The van der Waals surface area contributed by atoms with Crippen LogP contribution in [0.1, 0.15) is 164 Å². The summed E-state index contributed by atoms with van der Waals surface area (Å²) in [5, 5.41) is 9.41. The number of nitrogens with zero attached hydrogens (tertiary/aromatic N) is 2. The zero-order valence-electron chi connectivity index (χ0n) is 38.5.